The third-order valence-corrected chi connectivity index (χ3v) is 4.62. The van der Waals surface area contributed by atoms with Gasteiger partial charge in [0.15, 0.2) is 6.29 Å². The molecule has 0 saturated carbocycles. The first-order valence-electron chi connectivity index (χ1n) is 7.82. The first-order valence-corrected chi connectivity index (χ1v) is 7.82. The molecule has 0 bridgehead atoms. The fourth-order valence-electron chi connectivity index (χ4n) is 3.22. The van der Waals surface area contributed by atoms with Gasteiger partial charge >= 0.3 is 0 Å². The van der Waals surface area contributed by atoms with Gasteiger partial charge < -0.3 is 9.47 Å². The number of rotatable bonds is 2. The van der Waals surface area contributed by atoms with E-state index in [1.54, 1.807) is 0 Å². The standard InChI is InChI=1S/C17H30O2/c1-7-14-13-10-12(17(4,5)6)8-9-15(13)19-16(18-14)11(2)3/h8-9,11-16H,7,10H2,1-6H3. The van der Waals surface area contributed by atoms with Gasteiger partial charge in [0.05, 0.1) is 12.2 Å². The van der Waals surface area contributed by atoms with Crippen molar-refractivity contribution >= 4 is 0 Å². The quantitative estimate of drug-likeness (QED) is 0.690. The van der Waals surface area contributed by atoms with E-state index in [4.69, 9.17) is 9.47 Å². The molecule has 2 heteroatoms. The van der Waals surface area contributed by atoms with E-state index in [1.165, 1.54) is 6.42 Å². The summed E-state index contributed by atoms with van der Waals surface area (Å²) in [7, 11) is 0. The zero-order chi connectivity index (χ0) is 14.2. The Hall–Kier alpha value is -0.340. The largest absolute Gasteiger partial charge is 0.349 e. The highest BCUT2D eigenvalue weighted by Gasteiger charge is 2.42. The summed E-state index contributed by atoms with van der Waals surface area (Å²) in [6.07, 6.45) is 7.50. The molecule has 2 aliphatic rings. The van der Waals surface area contributed by atoms with Gasteiger partial charge in [-0.3, -0.25) is 0 Å². The van der Waals surface area contributed by atoms with Crippen molar-refractivity contribution in [2.75, 3.05) is 0 Å². The fraction of sp³-hybridized carbons (Fsp3) is 0.882. The molecular weight excluding hydrogens is 236 g/mol. The Bertz CT molecular complexity index is 327. The molecule has 0 spiro atoms. The van der Waals surface area contributed by atoms with Gasteiger partial charge in [-0.05, 0) is 24.2 Å². The van der Waals surface area contributed by atoms with E-state index in [-0.39, 0.29) is 12.4 Å². The molecule has 0 radical (unpaired) electrons. The normalized spacial score (nSPS) is 39.4. The Morgan fingerprint density at radius 1 is 1.16 bits per heavy atom. The molecule has 5 unspecified atom stereocenters. The lowest BCUT2D eigenvalue weighted by molar-refractivity contribution is -0.277. The van der Waals surface area contributed by atoms with Crippen molar-refractivity contribution in [3.8, 4) is 0 Å². The third-order valence-electron chi connectivity index (χ3n) is 4.62. The second-order valence-electron chi connectivity index (χ2n) is 7.55. The van der Waals surface area contributed by atoms with Crippen molar-refractivity contribution in [3.63, 3.8) is 0 Å². The van der Waals surface area contributed by atoms with Crippen molar-refractivity contribution in [1.29, 1.82) is 0 Å². The highest BCUT2D eigenvalue weighted by atomic mass is 16.7. The molecule has 0 aromatic rings. The minimum absolute atomic E-state index is 0.0398. The SMILES string of the molecule is CCC1OC(C(C)C)OC2C=CC(C(C)(C)C)CC21. The Balaban J connectivity index is 2.15. The van der Waals surface area contributed by atoms with Crippen molar-refractivity contribution in [2.45, 2.75) is 72.9 Å². The summed E-state index contributed by atoms with van der Waals surface area (Å²) in [6.45, 7) is 13.5. The Kier molecular flexibility index (Phi) is 4.42. The summed E-state index contributed by atoms with van der Waals surface area (Å²) in [5.74, 6) is 1.57. The summed E-state index contributed by atoms with van der Waals surface area (Å²) in [6, 6.07) is 0. The summed E-state index contributed by atoms with van der Waals surface area (Å²) in [5, 5.41) is 0. The topological polar surface area (TPSA) is 18.5 Å². The number of allylic oxidation sites excluding steroid dienone is 1. The van der Waals surface area contributed by atoms with Crippen molar-refractivity contribution in [1.82, 2.24) is 0 Å². The summed E-state index contributed by atoms with van der Waals surface area (Å²) in [5.41, 5.74) is 0.328. The van der Waals surface area contributed by atoms with Crippen molar-refractivity contribution in [3.05, 3.63) is 12.2 Å². The van der Waals surface area contributed by atoms with E-state index in [1.807, 2.05) is 0 Å². The van der Waals surface area contributed by atoms with E-state index in [0.717, 1.165) is 6.42 Å². The molecule has 1 saturated heterocycles. The maximum absolute atomic E-state index is 6.17. The third kappa shape index (κ3) is 3.22. The lowest BCUT2D eigenvalue weighted by Gasteiger charge is -2.47. The lowest BCUT2D eigenvalue weighted by Crippen LogP contribution is -2.49. The van der Waals surface area contributed by atoms with E-state index in [2.05, 4.69) is 53.7 Å². The minimum Gasteiger partial charge on any atom is -0.349 e. The fourth-order valence-corrected chi connectivity index (χ4v) is 3.22. The molecule has 1 fully saturated rings. The molecule has 1 aliphatic heterocycles. The molecule has 1 heterocycles. The van der Waals surface area contributed by atoms with E-state index >= 15 is 0 Å². The summed E-state index contributed by atoms with van der Waals surface area (Å²) < 4.78 is 12.3. The van der Waals surface area contributed by atoms with Gasteiger partial charge in [0.1, 0.15) is 0 Å². The van der Waals surface area contributed by atoms with E-state index in [9.17, 15) is 0 Å². The van der Waals surface area contributed by atoms with Crippen LogP contribution < -0.4 is 0 Å². The van der Waals surface area contributed by atoms with Crippen LogP contribution in [0.15, 0.2) is 12.2 Å². The van der Waals surface area contributed by atoms with Crippen LogP contribution in [0.3, 0.4) is 0 Å². The monoisotopic (exact) mass is 266 g/mol. The van der Waals surface area contributed by atoms with Gasteiger partial charge in [0.25, 0.3) is 0 Å². The van der Waals surface area contributed by atoms with Gasteiger partial charge in [-0.25, -0.2) is 0 Å². The molecule has 0 aromatic heterocycles. The lowest BCUT2D eigenvalue weighted by atomic mass is 9.70. The Morgan fingerprint density at radius 3 is 2.37 bits per heavy atom. The maximum Gasteiger partial charge on any atom is 0.161 e. The number of ether oxygens (including phenoxy) is 2. The van der Waals surface area contributed by atoms with Gasteiger partial charge in [-0.1, -0.05) is 53.7 Å². The highest BCUT2D eigenvalue weighted by Crippen LogP contribution is 2.42. The highest BCUT2D eigenvalue weighted by molar-refractivity contribution is 5.08. The average molecular weight is 266 g/mol. The van der Waals surface area contributed by atoms with E-state index < -0.39 is 0 Å². The van der Waals surface area contributed by atoms with Crippen LogP contribution in [0, 0.1) is 23.2 Å². The van der Waals surface area contributed by atoms with Crippen LogP contribution in [0.4, 0.5) is 0 Å². The first-order chi connectivity index (χ1) is 8.82. The second kappa shape index (κ2) is 5.57. The van der Waals surface area contributed by atoms with E-state index in [0.29, 0.717) is 29.3 Å². The Labute approximate surface area is 118 Å². The smallest absolute Gasteiger partial charge is 0.161 e. The van der Waals surface area contributed by atoms with Crippen LogP contribution >= 0.6 is 0 Å². The molecule has 5 atom stereocenters. The van der Waals surface area contributed by atoms with Gasteiger partial charge in [0, 0.05) is 11.8 Å². The molecule has 19 heavy (non-hydrogen) atoms. The predicted octanol–water partition coefficient (Wildman–Crippen LogP) is 4.40. The average Bonchev–Trinajstić information content (AvgIpc) is 2.35. The van der Waals surface area contributed by atoms with Crippen LogP contribution in [0.5, 0.6) is 0 Å². The number of hydrogen-bond donors (Lipinski definition) is 0. The molecule has 0 N–H and O–H groups in total. The second-order valence-corrected chi connectivity index (χ2v) is 7.55. The number of hydrogen-bond acceptors (Lipinski definition) is 2. The maximum atomic E-state index is 6.17. The molecular formula is C17H30O2. The van der Waals surface area contributed by atoms with Gasteiger partial charge in [-0.15, -0.1) is 0 Å². The van der Waals surface area contributed by atoms with Crippen molar-refractivity contribution < 1.29 is 9.47 Å². The zero-order valence-electron chi connectivity index (χ0n) is 13.3. The number of fused-ring (bicyclic) bond motifs is 1. The molecule has 1 aliphatic carbocycles. The molecule has 110 valence electrons. The molecule has 0 amide bonds. The molecule has 2 rings (SSSR count). The van der Waals surface area contributed by atoms with Crippen LogP contribution in [-0.4, -0.2) is 18.5 Å². The zero-order valence-corrected chi connectivity index (χ0v) is 13.3. The first kappa shape index (κ1) is 15.1. The molecule has 2 nitrogen and oxygen atoms in total. The predicted molar refractivity (Wildman–Crippen MR) is 78.9 cm³/mol. The summed E-state index contributed by atoms with van der Waals surface area (Å²) >= 11 is 0. The van der Waals surface area contributed by atoms with Gasteiger partial charge in [-0.2, -0.15) is 0 Å². The van der Waals surface area contributed by atoms with Crippen molar-refractivity contribution in [2.24, 2.45) is 23.2 Å². The van der Waals surface area contributed by atoms with Gasteiger partial charge in [0.2, 0.25) is 0 Å². The minimum atomic E-state index is -0.0398. The summed E-state index contributed by atoms with van der Waals surface area (Å²) in [4.78, 5) is 0. The van der Waals surface area contributed by atoms with Crippen LogP contribution in [-0.2, 0) is 9.47 Å². The van der Waals surface area contributed by atoms with Crippen LogP contribution in [0.1, 0.15) is 54.4 Å². The van der Waals surface area contributed by atoms with Crippen LogP contribution in [0.2, 0.25) is 0 Å². The molecule has 0 aromatic carbocycles. The Morgan fingerprint density at radius 2 is 1.84 bits per heavy atom. The van der Waals surface area contributed by atoms with Crippen LogP contribution in [0.25, 0.3) is 0 Å².